The molecule has 174 valence electrons. The van der Waals surface area contributed by atoms with Crippen LogP contribution >= 0.6 is 0 Å². The maximum atomic E-state index is 12.8. The molecule has 0 heterocycles. The predicted octanol–water partition coefficient (Wildman–Crippen LogP) is 8.54. The fraction of sp³-hybridized carbons (Fsp3) is 0.833. The highest BCUT2D eigenvalue weighted by molar-refractivity contribution is 5.85. The second-order valence-electron chi connectivity index (χ2n) is 13.4. The van der Waals surface area contributed by atoms with Crippen molar-refractivity contribution in [2.24, 2.45) is 45.3 Å². The first kappa shape index (κ1) is 23.3. The molecule has 0 spiro atoms. The highest BCUT2D eigenvalue weighted by Gasteiger charge is 2.65. The van der Waals surface area contributed by atoms with E-state index in [9.17, 15) is 4.79 Å². The molecular weight excluding hydrogens is 376 g/mol. The first-order chi connectivity index (χ1) is 14.4. The van der Waals surface area contributed by atoms with Crippen molar-refractivity contribution in [3.63, 3.8) is 0 Å². The van der Waals surface area contributed by atoms with E-state index in [2.05, 4.69) is 67.5 Å². The van der Waals surface area contributed by atoms with E-state index in [-0.39, 0.29) is 10.8 Å². The zero-order valence-electron chi connectivity index (χ0n) is 21.7. The lowest BCUT2D eigenvalue weighted by molar-refractivity contribution is -0.142. The minimum Gasteiger partial charge on any atom is -0.299 e. The van der Waals surface area contributed by atoms with Gasteiger partial charge in [-0.3, -0.25) is 4.79 Å². The van der Waals surface area contributed by atoms with Crippen LogP contribution in [0.1, 0.15) is 113 Å². The number of rotatable bonds is 4. The summed E-state index contributed by atoms with van der Waals surface area (Å²) in [5.74, 6) is 3.40. The summed E-state index contributed by atoms with van der Waals surface area (Å²) in [6, 6.07) is 0. The molecule has 4 rings (SSSR count). The number of allylic oxidation sites excluding steroid dienone is 4. The summed E-state index contributed by atoms with van der Waals surface area (Å²) in [6.07, 6.45) is 16.2. The van der Waals surface area contributed by atoms with E-state index < -0.39 is 0 Å². The highest BCUT2D eigenvalue weighted by Crippen LogP contribution is 2.72. The normalized spacial score (nSPS) is 44.6. The van der Waals surface area contributed by atoms with Gasteiger partial charge in [-0.05, 0) is 105 Å². The smallest absolute Gasteiger partial charge is 0.138 e. The Morgan fingerprint density at radius 1 is 1.06 bits per heavy atom. The molecule has 31 heavy (non-hydrogen) atoms. The summed E-state index contributed by atoms with van der Waals surface area (Å²) in [6.45, 7) is 19.3. The Labute approximate surface area is 192 Å². The first-order valence-corrected chi connectivity index (χ1v) is 13.2. The van der Waals surface area contributed by atoms with Gasteiger partial charge in [-0.1, -0.05) is 64.8 Å². The van der Waals surface area contributed by atoms with Gasteiger partial charge >= 0.3 is 0 Å². The third-order valence-electron chi connectivity index (χ3n) is 11.5. The summed E-state index contributed by atoms with van der Waals surface area (Å²) in [4.78, 5) is 12.8. The average Bonchev–Trinajstić information content (AvgIpc) is 2.96. The van der Waals surface area contributed by atoms with Gasteiger partial charge in [0.05, 0.1) is 0 Å². The van der Waals surface area contributed by atoms with E-state index in [0.717, 1.165) is 30.6 Å². The molecule has 1 nitrogen and oxygen atoms in total. The van der Waals surface area contributed by atoms with E-state index in [0.29, 0.717) is 22.5 Å². The van der Waals surface area contributed by atoms with Crippen molar-refractivity contribution in [2.75, 3.05) is 0 Å². The van der Waals surface area contributed by atoms with Crippen molar-refractivity contribution in [3.8, 4) is 0 Å². The zero-order chi connectivity index (χ0) is 22.8. The standard InChI is InChI=1S/C30H48O/c1-20(2)10-9-11-21(3)22-14-18-30(8)24-12-13-25-27(4,5)26(31)16-17-28(25,6)23(24)15-19-29(22,30)7/h10,15,21-22,24-25H,9,11-14,16-19H2,1-8H3/t21-,22-,24-,25+,28-,29-,30+/m1/s1. The van der Waals surface area contributed by atoms with E-state index in [1.807, 2.05) is 0 Å². The third kappa shape index (κ3) is 3.26. The second kappa shape index (κ2) is 7.59. The Balaban J connectivity index is 1.64. The number of hydrogen-bond acceptors (Lipinski definition) is 1. The number of carbonyl (C=O) groups is 1. The van der Waals surface area contributed by atoms with Crippen LogP contribution in [0.25, 0.3) is 0 Å². The van der Waals surface area contributed by atoms with E-state index in [1.54, 1.807) is 5.57 Å². The van der Waals surface area contributed by atoms with Crippen LogP contribution in [0.4, 0.5) is 0 Å². The third-order valence-corrected chi connectivity index (χ3v) is 11.5. The minimum absolute atomic E-state index is 0.155. The molecule has 3 fully saturated rings. The van der Waals surface area contributed by atoms with Crippen LogP contribution in [-0.4, -0.2) is 5.78 Å². The van der Waals surface area contributed by atoms with Crippen molar-refractivity contribution in [3.05, 3.63) is 23.3 Å². The Bertz CT molecular complexity index is 795. The maximum Gasteiger partial charge on any atom is 0.138 e. The number of Topliss-reactive ketones (excluding diaryl/α,β-unsaturated/α-hetero) is 1. The van der Waals surface area contributed by atoms with Crippen LogP contribution in [0.15, 0.2) is 23.3 Å². The molecule has 0 aromatic carbocycles. The number of hydrogen-bond donors (Lipinski definition) is 0. The number of fused-ring (bicyclic) bond motifs is 5. The molecule has 0 aliphatic heterocycles. The Morgan fingerprint density at radius 3 is 2.45 bits per heavy atom. The SMILES string of the molecule is CC(C)=CCC[C@@H](C)[C@H]1CC[C@@]2(C)[C@@H]3CC[C@H]4C(C)(C)C(=O)CC[C@]4(C)C3=CC[C@]12C. The molecule has 1 heteroatoms. The van der Waals surface area contributed by atoms with Gasteiger partial charge in [0.25, 0.3) is 0 Å². The molecule has 0 bridgehead atoms. The fourth-order valence-electron chi connectivity index (χ4n) is 9.32. The Hall–Kier alpha value is -0.850. The minimum atomic E-state index is -0.155. The van der Waals surface area contributed by atoms with Gasteiger partial charge in [-0.25, -0.2) is 0 Å². The fourth-order valence-corrected chi connectivity index (χ4v) is 9.32. The van der Waals surface area contributed by atoms with Crippen molar-refractivity contribution in [1.82, 2.24) is 0 Å². The molecule has 0 unspecified atom stereocenters. The van der Waals surface area contributed by atoms with Crippen LogP contribution < -0.4 is 0 Å². The lowest BCUT2D eigenvalue weighted by Crippen LogP contribution is -2.56. The van der Waals surface area contributed by atoms with Gasteiger partial charge in [-0.2, -0.15) is 0 Å². The van der Waals surface area contributed by atoms with Gasteiger partial charge in [0.15, 0.2) is 0 Å². The molecule has 0 amide bonds. The number of carbonyl (C=O) groups excluding carboxylic acids is 1. The molecule has 0 saturated heterocycles. The van der Waals surface area contributed by atoms with Gasteiger partial charge in [-0.15, -0.1) is 0 Å². The van der Waals surface area contributed by atoms with E-state index in [4.69, 9.17) is 0 Å². The molecule has 0 N–H and O–H groups in total. The lowest BCUT2D eigenvalue weighted by atomic mass is 9.41. The molecular formula is C30H48O. The lowest BCUT2D eigenvalue weighted by Gasteiger charge is -2.63. The van der Waals surface area contributed by atoms with Gasteiger partial charge < -0.3 is 0 Å². The molecule has 0 aromatic heterocycles. The Morgan fingerprint density at radius 2 is 1.77 bits per heavy atom. The monoisotopic (exact) mass is 424 g/mol. The molecule has 7 atom stereocenters. The average molecular weight is 425 g/mol. The summed E-state index contributed by atoms with van der Waals surface area (Å²) in [5, 5.41) is 0. The van der Waals surface area contributed by atoms with Crippen molar-refractivity contribution < 1.29 is 4.79 Å². The van der Waals surface area contributed by atoms with Gasteiger partial charge in [0, 0.05) is 11.8 Å². The van der Waals surface area contributed by atoms with Crippen molar-refractivity contribution >= 4 is 5.78 Å². The van der Waals surface area contributed by atoms with E-state index in [1.165, 1.54) is 50.5 Å². The van der Waals surface area contributed by atoms with Crippen LogP contribution in [0, 0.1) is 45.3 Å². The molecule has 4 aliphatic carbocycles. The molecule has 0 aromatic rings. The molecule has 4 aliphatic rings. The van der Waals surface area contributed by atoms with Crippen molar-refractivity contribution in [2.45, 2.75) is 113 Å². The maximum absolute atomic E-state index is 12.8. The van der Waals surface area contributed by atoms with E-state index >= 15 is 0 Å². The zero-order valence-corrected chi connectivity index (χ0v) is 21.7. The molecule has 0 radical (unpaired) electrons. The predicted molar refractivity (Wildman–Crippen MR) is 132 cm³/mol. The van der Waals surface area contributed by atoms with Gasteiger partial charge in [0.2, 0.25) is 0 Å². The van der Waals surface area contributed by atoms with Crippen LogP contribution in [0.2, 0.25) is 0 Å². The summed E-state index contributed by atoms with van der Waals surface area (Å²) >= 11 is 0. The van der Waals surface area contributed by atoms with Gasteiger partial charge in [0.1, 0.15) is 5.78 Å². The molecule has 3 saturated carbocycles. The topological polar surface area (TPSA) is 17.1 Å². The highest BCUT2D eigenvalue weighted by atomic mass is 16.1. The summed E-state index contributed by atoms with van der Waals surface area (Å²) in [7, 11) is 0. The summed E-state index contributed by atoms with van der Waals surface area (Å²) in [5.41, 5.74) is 4.15. The largest absolute Gasteiger partial charge is 0.299 e. The second-order valence-corrected chi connectivity index (χ2v) is 13.4. The van der Waals surface area contributed by atoms with Crippen LogP contribution in [0.3, 0.4) is 0 Å². The van der Waals surface area contributed by atoms with Crippen LogP contribution in [0.5, 0.6) is 0 Å². The van der Waals surface area contributed by atoms with Crippen molar-refractivity contribution in [1.29, 1.82) is 0 Å². The van der Waals surface area contributed by atoms with Crippen LogP contribution in [-0.2, 0) is 4.79 Å². The number of ketones is 1. The quantitative estimate of drug-likeness (QED) is 0.413. The Kier molecular flexibility index (Phi) is 5.71. The summed E-state index contributed by atoms with van der Waals surface area (Å²) < 4.78 is 0. The first-order valence-electron chi connectivity index (χ1n) is 13.2.